The number of hydrogen-bond donors (Lipinski definition) is 0. The Balaban J connectivity index is 2.17. The van der Waals surface area contributed by atoms with Gasteiger partial charge in [-0.3, -0.25) is 18.7 Å². The molecule has 11 heteroatoms. The first kappa shape index (κ1) is 24.6. The van der Waals surface area contributed by atoms with Gasteiger partial charge in [0.2, 0.25) is 0 Å². The third kappa shape index (κ3) is 5.15. The van der Waals surface area contributed by atoms with Gasteiger partial charge in [0.15, 0.2) is 0 Å². The van der Waals surface area contributed by atoms with E-state index in [1.165, 1.54) is 48.7 Å². The number of benzene rings is 1. The predicted octanol–water partition coefficient (Wildman–Crippen LogP) is -0.685. The zero-order chi connectivity index (χ0) is 25.0. The fourth-order valence-corrected chi connectivity index (χ4v) is 4.22. The van der Waals surface area contributed by atoms with Crippen LogP contribution in [0.3, 0.4) is 0 Å². The molecule has 2 heterocycles. The Morgan fingerprint density at radius 1 is 1.06 bits per heavy atom. The number of aryl methyl sites for hydroxylation is 1. The summed E-state index contributed by atoms with van der Waals surface area (Å²) in [7, 11) is 4.14. The molecule has 0 aliphatic carbocycles. The summed E-state index contributed by atoms with van der Waals surface area (Å²) in [6, 6.07) is 6.51. The largest absolute Gasteiger partial charge is 0.465 e. The van der Waals surface area contributed by atoms with Crippen molar-refractivity contribution in [3.63, 3.8) is 0 Å². The van der Waals surface area contributed by atoms with Crippen LogP contribution in [0.15, 0.2) is 44.8 Å². The average Bonchev–Trinajstić information content (AvgIpc) is 3.09. The normalized spacial score (nSPS) is 12.1. The van der Waals surface area contributed by atoms with Gasteiger partial charge in [-0.15, -0.1) is 11.3 Å². The molecule has 0 radical (unpaired) electrons. The highest BCUT2D eigenvalue weighted by atomic mass is 32.1. The Morgan fingerprint density at radius 2 is 1.74 bits per heavy atom. The first-order valence-corrected chi connectivity index (χ1v) is 11.0. The van der Waals surface area contributed by atoms with Crippen molar-refractivity contribution in [3.8, 4) is 0 Å². The van der Waals surface area contributed by atoms with Crippen molar-refractivity contribution in [1.29, 1.82) is 0 Å². The molecule has 1 aromatic carbocycles. The lowest BCUT2D eigenvalue weighted by Gasteiger charge is -2.05. The van der Waals surface area contributed by atoms with Crippen molar-refractivity contribution in [2.24, 2.45) is 14.1 Å². The van der Waals surface area contributed by atoms with Gasteiger partial charge < -0.3 is 14.0 Å². The van der Waals surface area contributed by atoms with Gasteiger partial charge in [-0.05, 0) is 30.7 Å². The summed E-state index contributed by atoms with van der Waals surface area (Å²) in [5.41, 5.74) is -0.236. The minimum atomic E-state index is -0.608. The molecule has 0 fully saturated rings. The van der Waals surface area contributed by atoms with Crippen LogP contribution in [-0.2, 0) is 34.9 Å². The Morgan fingerprint density at radius 3 is 2.35 bits per heavy atom. The SMILES string of the molecule is CCOC(=O)/C=c1\s/c(=C/c2cn(C)c(=O)n(C)c2=O)c(=O)n1Cc1ccc(C(=O)OC)cc1. The zero-order valence-corrected chi connectivity index (χ0v) is 19.9. The molecule has 0 aliphatic heterocycles. The van der Waals surface area contributed by atoms with Crippen molar-refractivity contribution in [1.82, 2.24) is 13.7 Å². The van der Waals surface area contributed by atoms with Crippen LogP contribution in [0.2, 0.25) is 0 Å². The summed E-state index contributed by atoms with van der Waals surface area (Å²) in [5.74, 6) is -1.09. The molecule has 3 aromatic rings. The third-order valence-electron chi connectivity index (χ3n) is 4.94. The van der Waals surface area contributed by atoms with Crippen LogP contribution in [0.5, 0.6) is 0 Å². The Hall–Kier alpha value is -3.99. The maximum absolute atomic E-state index is 13.2. The number of esters is 2. The van der Waals surface area contributed by atoms with E-state index < -0.39 is 28.7 Å². The highest BCUT2D eigenvalue weighted by Gasteiger charge is 2.11. The second kappa shape index (κ2) is 10.3. The van der Waals surface area contributed by atoms with Crippen molar-refractivity contribution in [2.75, 3.05) is 13.7 Å². The smallest absolute Gasteiger partial charge is 0.337 e. The zero-order valence-electron chi connectivity index (χ0n) is 19.1. The first-order chi connectivity index (χ1) is 16.2. The van der Waals surface area contributed by atoms with Crippen molar-refractivity contribution in [2.45, 2.75) is 13.5 Å². The van der Waals surface area contributed by atoms with Crippen molar-refractivity contribution >= 4 is 35.4 Å². The highest BCUT2D eigenvalue weighted by molar-refractivity contribution is 7.07. The molecule has 0 spiro atoms. The van der Waals surface area contributed by atoms with E-state index in [-0.39, 0.29) is 23.2 Å². The summed E-state index contributed by atoms with van der Waals surface area (Å²) >= 11 is 1.02. The summed E-state index contributed by atoms with van der Waals surface area (Å²) < 4.78 is 13.8. The average molecular weight is 486 g/mol. The molecular weight excluding hydrogens is 462 g/mol. The number of methoxy groups -OCH3 is 1. The Labute approximate surface area is 197 Å². The van der Waals surface area contributed by atoms with Crippen LogP contribution in [-0.4, -0.2) is 39.4 Å². The van der Waals surface area contributed by atoms with Crippen LogP contribution in [0, 0.1) is 0 Å². The Kier molecular flexibility index (Phi) is 7.47. The number of hydrogen-bond acceptors (Lipinski definition) is 8. The van der Waals surface area contributed by atoms with Gasteiger partial charge >= 0.3 is 17.6 Å². The first-order valence-electron chi connectivity index (χ1n) is 10.2. The van der Waals surface area contributed by atoms with Gasteiger partial charge in [0.1, 0.15) is 4.66 Å². The lowest BCUT2D eigenvalue weighted by molar-refractivity contribution is -0.135. The number of nitrogens with zero attached hydrogens (tertiary/aromatic N) is 3. The molecule has 178 valence electrons. The van der Waals surface area contributed by atoms with Crippen LogP contribution in [0.4, 0.5) is 0 Å². The predicted molar refractivity (Wildman–Crippen MR) is 126 cm³/mol. The number of carbonyl (C=O) groups is 2. The number of thiazole rings is 1. The molecule has 34 heavy (non-hydrogen) atoms. The van der Waals surface area contributed by atoms with E-state index >= 15 is 0 Å². The molecular formula is C23H23N3O7S. The topological polar surface area (TPSA) is 119 Å². The molecule has 0 unspecified atom stereocenters. The minimum absolute atomic E-state index is 0.112. The van der Waals surface area contributed by atoms with E-state index in [0.29, 0.717) is 15.8 Å². The molecule has 0 aliphatic rings. The molecule has 0 atom stereocenters. The van der Waals surface area contributed by atoms with E-state index in [0.717, 1.165) is 15.9 Å². The number of rotatable bonds is 6. The molecule has 2 aromatic heterocycles. The summed E-state index contributed by atoms with van der Waals surface area (Å²) in [6.07, 6.45) is 3.97. The summed E-state index contributed by atoms with van der Waals surface area (Å²) in [6.45, 7) is 1.96. The van der Waals surface area contributed by atoms with Gasteiger partial charge in [0.25, 0.3) is 11.1 Å². The summed E-state index contributed by atoms with van der Waals surface area (Å²) in [5, 5.41) is 0. The molecule has 0 N–H and O–H groups in total. The number of aromatic nitrogens is 3. The van der Waals surface area contributed by atoms with E-state index in [2.05, 4.69) is 0 Å². The molecule has 0 amide bonds. The number of ether oxygens (including phenoxy) is 2. The monoisotopic (exact) mass is 485 g/mol. The quantitative estimate of drug-likeness (QED) is 0.424. The fourth-order valence-electron chi connectivity index (χ4n) is 3.20. The van der Waals surface area contributed by atoms with Gasteiger partial charge in [-0.1, -0.05) is 12.1 Å². The third-order valence-corrected chi connectivity index (χ3v) is 6.00. The maximum Gasteiger partial charge on any atom is 0.337 e. The minimum Gasteiger partial charge on any atom is -0.465 e. The van der Waals surface area contributed by atoms with E-state index in [4.69, 9.17) is 9.47 Å². The van der Waals surface area contributed by atoms with Crippen LogP contribution < -0.4 is 26.0 Å². The lowest BCUT2D eigenvalue weighted by Crippen LogP contribution is -2.38. The molecule has 0 saturated carbocycles. The van der Waals surface area contributed by atoms with Crippen LogP contribution in [0.25, 0.3) is 12.2 Å². The lowest BCUT2D eigenvalue weighted by atomic mass is 10.1. The van der Waals surface area contributed by atoms with Crippen LogP contribution in [0.1, 0.15) is 28.4 Å². The summed E-state index contributed by atoms with van der Waals surface area (Å²) in [4.78, 5) is 61.4. The molecule has 0 bridgehead atoms. The second-order valence-corrected chi connectivity index (χ2v) is 8.33. The van der Waals surface area contributed by atoms with E-state index in [1.807, 2.05) is 0 Å². The fraction of sp³-hybridized carbons (Fsp3) is 0.261. The van der Waals surface area contributed by atoms with Gasteiger partial charge in [0, 0.05) is 20.3 Å². The van der Waals surface area contributed by atoms with Gasteiger partial charge in [-0.25, -0.2) is 14.4 Å². The number of carbonyl (C=O) groups excluding carboxylic acids is 2. The van der Waals surface area contributed by atoms with E-state index in [9.17, 15) is 24.0 Å². The van der Waals surface area contributed by atoms with Gasteiger partial charge in [-0.2, -0.15) is 0 Å². The second-order valence-electron chi connectivity index (χ2n) is 7.27. The molecule has 0 saturated heterocycles. The van der Waals surface area contributed by atoms with Crippen molar-refractivity contribution < 1.29 is 19.1 Å². The molecule has 3 rings (SSSR count). The van der Waals surface area contributed by atoms with E-state index in [1.54, 1.807) is 31.2 Å². The molecule has 10 nitrogen and oxygen atoms in total. The highest BCUT2D eigenvalue weighted by Crippen LogP contribution is 2.06. The van der Waals surface area contributed by atoms with Gasteiger partial charge in [0.05, 0.1) is 42.0 Å². The standard InChI is InChI=1S/C23H23N3O7S/c1-5-33-19(27)11-18-26(12-14-6-8-15(9-7-14)22(30)32-4)21(29)17(34-18)10-16-13-24(2)23(31)25(3)20(16)28/h6-11,13H,5,12H2,1-4H3/b17-10+,18-11-. The van der Waals surface area contributed by atoms with Crippen LogP contribution >= 0.6 is 11.3 Å². The van der Waals surface area contributed by atoms with Crippen molar-refractivity contribution in [3.05, 3.63) is 87.5 Å². The maximum atomic E-state index is 13.2. The Bertz CT molecular complexity index is 1540.